The highest BCUT2D eigenvalue weighted by Crippen LogP contribution is 2.26. The van der Waals surface area contributed by atoms with Gasteiger partial charge < -0.3 is 14.6 Å². The minimum Gasteiger partial charge on any atom is -0.459 e. The van der Waals surface area contributed by atoms with Gasteiger partial charge in [-0.15, -0.1) is 10.2 Å². The summed E-state index contributed by atoms with van der Waals surface area (Å²) in [5.74, 6) is 2.45. The van der Waals surface area contributed by atoms with E-state index in [1.807, 2.05) is 6.07 Å². The van der Waals surface area contributed by atoms with Gasteiger partial charge in [-0.25, -0.2) is 0 Å². The molecule has 0 bridgehead atoms. The fourth-order valence-electron chi connectivity index (χ4n) is 3.00. The molecule has 2 aromatic heterocycles. The van der Waals surface area contributed by atoms with Gasteiger partial charge in [-0.2, -0.15) is 0 Å². The van der Waals surface area contributed by atoms with E-state index in [2.05, 4.69) is 22.0 Å². The zero-order valence-electron chi connectivity index (χ0n) is 12.4. The minimum atomic E-state index is 0.405. The van der Waals surface area contributed by atoms with Gasteiger partial charge in [0.15, 0.2) is 5.76 Å². The summed E-state index contributed by atoms with van der Waals surface area (Å²) in [6, 6.07) is 4.02. The van der Waals surface area contributed by atoms with Gasteiger partial charge in [0.05, 0.1) is 12.8 Å². The van der Waals surface area contributed by atoms with Crippen LogP contribution in [0.3, 0.4) is 0 Å². The standard InChI is InChI=1S/C15H22N4O2/c1-2-11-5-6-19(12(8-11)9-16)10-14-17-18-15(21-14)13-4-3-7-20-13/h3-4,7,11-12H,2,5-6,8-10,16H2,1H3. The molecule has 1 aliphatic rings. The van der Waals surface area contributed by atoms with Crippen molar-refractivity contribution in [2.24, 2.45) is 11.7 Å². The third-order valence-corrected chi connectivity index (χ3v) is 4.33. The van der Waals surface area contributed by atoms with Crippen LogP contribution in [0.2, 0.25) is 0 Å². The Labute approximate surface area is 124 Å². The van der Waals surface area contributed by atoms with Crippen molar-refractivity contribution in [3.8, 4) is 11.7 Å². The molecule has 3 rings (SSSR count). The number of piperidine rings is 1. The third kappa shape index (κ3) is 3.16. The summed E-state index contributed by atoms with van der Waals surface area (Å²) in [6.45, 7) is 4.63. The van der Waals surface area contributed by atoms with Crippen molar-refractivity contribution < 1.29 is 8.83 Å². The van der Waals surface area contributed by atoms with E-state index in [-0.39, 0.29) is 0 Å². The summed E-state index contributed by atoms with van der Waals surface area (Å²) >= 11 is 0. The number of furan rings is 1. The van der Waals surface area contributed by atoms with Crippen molar-refractivity contribution in [1.82, 2.24) is 15.1 Å². The summed E-state index contributed by atoms with van der Waals surface area (Å²) in [6.07, 6.45) is 5.20. The number of aromatic nitrogens is 2. The van der Waals surface area contributed by atoms with Crippen molar-refractivity contribution in [2.45, 2.75) is 38.8 Å². The second-order valence-electron chi connectivity index (χ2n) is 5.64. The van der Waals surface area contributed by atoms with Crippen LogP contribution >= 0.6 is 0 Å². The predicted molar refractivity (Wildman–Crippen MR) is 78.3 cm³/mol. The molecule has 1 aliphatic heterocycles. The monoisotopic (exact) mass is 290 g/mol. The lowest BCUT2D eigenvalue weighted by molar-refractivity contribution is 0.0981. The Morgan fingerprint density at radius 1 is 1.43 bits per heavy atom. The zero-order valence-corrected chi connectivity index (χ0v) is 12.4. The Morgan fingerprint density at radius 2 is 2.33 bits per heavy atom. The minimum absolute atomic E-state index is 0.405. The lowest BCUT2D eigenvalue weighted by atomic mass is 9.89. The second kappa shape index (κ2) is 6.41. The van der Waals surface area contributed by atoms with Crippen molar-refractivity contribution in [3.05, 3.63) is 24.3 Å². The van der Waals surface area contributed by atoms with Gasteiger partial charge >= 0.3 is 0 Å². The van der Waals surface area contributed by atoms with Gasteiger partial charge in [0.1, 0.15) is 0 Å². The molecule has 1 saturated heterocycles. The lowest BCUT2D eigenvalue weighted by Crippen LogP contribution is -2.46. The highest BCUT2D eigenvalue weighted by Gasteiger charge is 2.28. The lowest BCUT2D eigenvalue weighted by Gasteiger charge is -2.37. The van der Waals surface area contributed by atoms with E-state index < -0.39 is 0 Å². The second-order valence-corrected chi connectivity index (χ2v) is 5.64. The SMILES string of the molecule is CCC1CCN(Cc2nnc(-c3ccco3)o2)C(CN)C1. The number of nitrogens with two attached hydrogens (primary N) is 1. The molecule has 2 atom stereocenters. The normalized spacial score (nSPS) is 23.5. The van der Waals surface area contributed by atoms with Crippen LogP contribution in [-0.4, -0.2) is 34.2 Å². The molecule has 2 unspecified atom stereocenters. The molecule has 3 heterocycles. The molecule has 0 radical (unpaired) electrons. The zero-order chi connectivity index (χ0) is 14.7. The van der Waals surface area contributed by atoms with Crippen molar-refractivity contribution in [2.75, 3.05) is 13.1 Å². The summed E-state index contributed by atoms with van der Waals surface area (Å²) < 4.78 is 10.9. The first-order valence-electron chi connectivity index (χ1n) is 7.60. The average Bonchev–Trinajstić information content (AvgIpc) is 3.18. The maximum absolute atomic E-state index is 5.92. The van der Waals surface area contributed by atoms with Gasteiger partial charge in [-0.3, -0.25) is 4.90 Å². The van der Waals surface area contributed by atoms with E-state index in [0.717, 1.165) is 18.9 Å². The maximum atomic E-state index is 5.92. The number of likely N-dealkylation sites (tertiary alicyclic amines) is 1. The number of nitrogens with zero attached hydrogens (tertiary/aromatic N) is 3. The van der Waals surface area contributed by atoms with Crippen LogP contribution in [0.25, 0.3) is 11.7 Å². The first kappa shape index (κ1) is 14.3. The molecular formula is C15H22N4O2. The Hall–Kier alpha value is -1.66. The highest BCUT2D eigenvalue weighted by molar-refractivity contribution is 5.42. The van der Waals surface area contributed by atoms with E-state index >= 15 is 0 Å². The topological polar surface area (TPSA) is 81.3 Å². The number of hydrogen-bond acceptors (Lipinski definition) is 6. The fourth-order valence-corrected chi connectivity index (χ4v) is 3.00. The maximum Gasteiger partial charge on any atom is 0.283 e. The quantitative estimate of drug-likeness (QED) is 0.909. The van der Waals surface area contributed by atoms with Crippen LogP contribution in [0.4, 0.5) is 0 Å². The van der Waals surface area contributed by atoms with Crippen LogP contribution in [0.15, 0.2) is 27.2 Å². The molecule has 2 N–H and O–H groups in total. The Balaban J connectivity index is 1.66. The fraction of sp³-hybridized carbons (Fsp3) is 0.600. The predicted octanol–water partition coefficient (Wildman–Crippen LogP) is 2.28. The van der Waals surface area contributed by atoms with Crippen LogP contribution in [0, 0.1) is 5.92 Å². The molecule has 0 saturated carbocycles. The van der Waals surface area contributed by atoms with Gasteiger partial charge in [-0.05, 0) is 37.4 Å². The van der Waals surface area contributed by atoms with E-state index in [1.165, 1.54) is 12.8 Å². The van der Waals surface area contributed by atoms with Crippen LogP contribution in [0.1, 0.15) is 32.1 Å². The van der Waals surface area contributed by atoms with E-state index in [9.17, 15) is 0 Å². The molecule has 114 valence electrons. The van der Waals surface area contributed by atoms with E-state index in [0.29, 0.717) is 36.7 Å². The summed E-state index contributed by atoms with van der Waals surface area (Å²) in [4.78, 5) is 2.35. The molecule has 0 amide bonds. The van der Waals surface area contributed by atoms with Crippen molar-refractivity contribution in [3.63, 3.8) is 0 Å². The Bertz CT molecular complexity index is 552. The Kier molecular flexibility index (Phi) is 4.36. The first-order valence-corrected chi connectivity index (χ1v) is 7.60. The molecule has 6 heteroatoms. The van der Waals surface area contributed by atoms with Gasteiger partial charge in [0, 0.05) is 12.6 Å². The molecule has 21 heavy (non-hydrogen) atoms. The van der Waals surface area contributed by atoms with Crippen molar-refractivity contribution >= 4 is 0 Å². The van der Waals surface area contributed by atoms with Gasteiger partial charge in [-0.1, -0.05) is 13.3 Å². The summed E-state index contributed by atoms with van der Waals surface area (Å²) in [5.41, 5.74) is 5.92. The Morgan fingerprint density at radius 3 is 3.05 bits per heavy atom. The average molecular weight is 290 g/mol. The highest BCUT2D eigenvalue weighted by atomic mass is 16.4. The van der Waals surface area contributed by atoms with Crippen LogP contribution < -0.4 is 5.73 Å². The summed E-state index contributed by atoms with van der Waals surface area (Å²) in [7, 11) is 0. The van der Waals surface area contributed by atoms with Gasteiger partial charge in [0.25, 0.3) is 5.89 Å². The smallest absolute Gasteiger partial charge is 0.283 e. The summed E-state index contributed by atoms with van der Waals surface area (Å²) in [5, 5.41) is 8.15. The molecule has 2 aromatic rings. The molecular weight excluding hydrogens is 268 g/mol. The molecule has 0 aromatic carbocycles. The third-order valence-electron chi connectivity index (χ3n) is 4.33. The first-order chi connectivity index (χ1) is 10.3. The van der Waals surface area contributed by atoms with E-state index in [1.54, 1.807) is 12.3 Å². The molecule has 1 fully saturated rings. The van der Waals surface area contributed by atoms with E-state index in [4.69, 9.17) is 14.6 Å². The van der Waals surface area contributed by atoms with Gasteiger partial charge in [0.2, 0.25) is 5.89 Å². The van der Waals surface area contributed by atoms with Crippen LogP contribution in [0.5, 0.6) is 0 Å². The number of rotatable bonds is 5. The molecule has 0 spiro atoms. The number of hydrogen-bond donors (Lipinski definition) is 1. The molecule has 6 nitrogen and oxygen atoms in total. The largest absolute Gasteiger partial charge is 0.459 e. The van der Waals surface area contributed by atoms with Crippen molar-refractivity contribution in [1.29, 1.82) is 0 Å². The molecule has 0 aliphatic carbocycles. The van der Waals surface area contributed by atoms with Crippen LogP contribution in [-0.2, 0) is 6.54 Å².